The first-order chi connectivity index (χ1) is 9.65. The standard InChI is InChI=1S/C14H15NO3S2/c16-12(10-7-11(10)13(17)18)15-9-3-1-2-8(6-9)14-19-4-5-20-14/h1-3,6,10-11,14H,4-5,7H2,(H,15,16)(H,17,18). The van der Waals surface area contributed by atoms with Crippen LogP contribution in [0.2, 0.25) is 0 Å². The molecule has 4 nitrogen and oxygen atoms in total. The van der Waals surface area contributed by atoms with Crippen LogP contribution in [-0.4, -0.2) is 28.5 Å². The number of carbonyl (C=O) groups is 2. The number of benzene rings is 1. The van der Waals surface area contributed by atoms with Gasteiger partial charge in [-0.3, -0.25) is 9.59 Å². The highest BCUT2D eigenvalue weighted by Crippen LogP contribution is 2.45. The fourth-order valence-electron chi connectivity index (χ4n) is 2.31. The van der Waals surface area contributed by atoms with E-state index in [4.69, 9.17) is 5.11 Å². The highest BCUT2D eigenvalue weighted by Gasteiger charge is 2.48. The maximum atomic E-state index is 11.9. The first-order valence-corrected chi connectivity index (χ1v) is 8.62. The third-order valence-electron chi connectivity index (χ3n) is 3.49. The van der Waals surface area contributed by atoms with Gasteiger partial charge in [0.1, 0.15) is 0 Å². The Hall–Kier alpha value is -1.14. The van der Waals surface area contributed by atoms with E-state index in [1.165, 1.54) is 5.56 Å². The van der Waals surface area contributed by atoms with Crippen molar-refractivity contribution in [3.63, 3.8) is 0 Å². The molecule has 0 radical (unpaired) electrons. The van der Waals surface area contributed by atoms with Gasteiger partial charge in [-0.1, -0.05) is 12.1 Å². The zero-order chi connectivity index (χ0) is 14.1. The van der Waals surface area contributed by atoms with Gasteiger partial charge in [0.25, 0.3) is 0 Å². The average Bonchev–Trinajstić information content (AvgIpc) is 3.06. The number of anilines is 1. The second-order valence-corrected chi connectivity index (χ2v) is 7.70. The smallest absolute Gasteiger partial charge is 0.307 e. The number of amides is 1. The minimum atomic E-state index is -0.877. The van der Waals surface area contributed by atoms with Gasteiger partial charge in [-0.05, 0) is 24.1 Å². The first kappa shape index (κ1) is 13.8. The van der Waals surface area contributed by atoms with E-state index in [-0.39, 0.29) is 11.8 Å². The molecule has 1 aliphatic heterocycles. The van der Waals surface area contributed by atoms with Crippen LogP contribution >= 0.6 is 23.5 Å². The molecule has 106 valence electrons. The van der Waals surface area contributed by atoms with Gasteiger partial charge in [0.2, 0.25) is 5.91 Å². The SMILES string of the molecule is O=C(O)C1CC1C(=O)Nc1cccc(C2SCCS2)c1. The molecule has 1 aromatic rings. The summed E-state index contributed by atoms with van der Waals surface area (Å²) >= 11 is 3.84. The van der Waals surface area contributed by atoms with E-state index >= 15 is 0 Å². The molecule has 1 aliphatic carbocycles. The lowest BCUT2D eigenvalue weighted by atomic mass is 10.2. The summed E-state index contributed by atoms with van der Waals surface area (Å²) in [6, 6.07) is 7.85. The topological polar surface area (TPSA) is 66.4 Å². The Bertz CT molecular complexity index is 543. The van der Waals surface area contributed by atoms with Crippen molar-refractivity contribution in [2.45, 2.75) is 11.0 Å². The molecule has 2 unspecified atom stereocenters. The van der Waals surface area contributed by atoms with Crippen molar-refractivity contribution in [3.8, 4) is 0 Å². The van der Waals surface area contributed by atoms with E-state index in [2.05, 4.69) is 11.4 Å². The molecule has 2 N–H and O–H groups in total. The zero-order valence-corrected chi connectivity index (χ0v) is 12.4. The molecule has 3 rings (SSSR count). The van der Waals surface area contributed by atoms with Crippen LogP contribution in [0.5, 0.6) is 0 Å². The number of hydrogen-bond donors (Lipinski definition) is 2. The van der Waals surface area contributed by atoms with Crippen molar-refractivity contribution in [3.05, 3.63) is 29.8 Å². The molecule has 1 saturated carbocycles. The summed E-state index contributed by atoms with van der Waals surface area (Å²) < 4.78 is 0.444. The number of aliphatic carboxylic acids is 1. The van der Waals surface area contributed by atoms with Crippen LogP contribution in [0.15, 0.2) is 24.3 Å². The Kier molecular flexibility index (Phi) is 3.94. The molecule has 20 heavy (non-hydrogen) atoms. The normalized spacial score (nSPS) is 25.4. The quantitative estimate of drug-likeness (QED) is 0.895. The van der Waals surface area contributed by atoms with Gasteiger partial charge < -0.3 is 10.4 Å². The van der Waals surface area contributed by atoms with Crippen LogP contribution in [0, 0.1) is 11.8 Å². The predicted octanol–water partition coefficient (Wildman–Crippen LogP) is 2.82. The fraction of sp³-hybridized carbons (Fsp3) is 0.429. The molecule has 1 amide bonds. The first-order valence-electron chi connectivity index (χ1n) is 6.52. The number of thioether (sulfide) groups is 2. The Morgan fingerprint density at radius 2 is 1.95 bits per heavy atom. The summed E-state index contributed by atoms with van der Waals surface area (Å²) in [6.45, 7) is 0. The lowest BCUT2D eigenvalue weighted by Crippen LogP contribution is -2.16. The summed E-state index contributed by atoms with van der Waals surface area (Å²) in [6.07, 6.45) is 0.454. The van der Waals surface area contributed by atoms with Crippen LogP contribution in [0.4, 0.5) is 5.69 Å². The van der Waals surface area contributed by atoms with E-state index in [9.17, 15) is 9.59 Å². The van der Waals surface area contributed by atoms with E-state index in [0.717, 1.165) is 17.2 Å². The van der Waals surface area contributed by atoms with E-state index < -0.39 is 11.9 Å². The molecule has 6 heteroatoms. The Balaban J connectivity index is 1.64. The van der Waals surface area contributed by atoms with Crippen LogP contribution in [0.1, 0.15) is 16.6 Å². The largest absolute Gasteiger partial charge is 0.481 e. The van der Waals surface area contributed by atoms with Gasteiger partial charge in [-0.2, -0.15) is 0 Å². The zero-order valence-electron chi connectivity index (χ0n) is 10.7. The Morgan fingerprint density at radius 1 is 1.20 bits per heavy atom. The maximum Gasteiger partial charge on any atom is 0.307 e. The molecular formula is C14H15NO3S2. The third kappa shape index (κ3) is 2.96. The summed E-state index contributed by atoms with van der Waals surface area (Å²) in [5.74, 6) is 0.396. The number of carbonyl (C=O) groups excluding carboxylic acids is 1. The monoisotopic (exact) mass is 309 g/mol. The molecule has 2 atom stereocenters. The van der Waals surface area contributed by atoms with Gasteiger partial charge in [-0.15, -0.1) is 23.5 Å². The van der Waals surface area contributed by atoms with Crippen LogP contribution < -0.4 is 5.32 Å². The van der Waals surface area contributed by atoms with Crippen molar-refractivity contribution >= 4 is 41.1 Å². The predicted molar refractivity (Wildman–Crippen MR) is 82.0 cm³/mol. The minimum Gasteiger partial charge on any atom is -0.481 e. The second-order valence-electron chi connectivity index (χ2n) is 4.98. The lowest BCUT2D eigenvalue weighted by Gasteiger charge is -2.11. The summed E-state index contributed by atoms with van der Waals surface area (Å²) in [5, 5.41) is 11.7. The number of rotatable bonds is 4. The molecule has 2 aliphatic rings. The maximum absolute atomic E-state index is 11.9. The summed E-state index contributed by atoms with van der Waals surface area (Å²) in [5.41, 5.74) is 1.97. The molecule has 1 heterocycles. The highest BCUT2D eigenvalue weighted by molar-refractivity contribution is 8.19. The van der Waals surface area contributed by atoms with Gasteiger partial charge in [-0.25, -0.2) is 0 Å². The molecule has 2 fully saturated rings. The van der Waals surface area contributed by atoms with Crippen molar-refractivity contribution in [1.82, 2.24) is 0 Å². The third-order valence-corrected chi connectivity index (χ3v) is 6.60. The lowest BCUT2D eigenvalue weighted by molar-refractivity contribution is -0.139. The van der Waals surface area contributed by atoms with Gasteiger partial charge in [0, 0.05) is 17.2 Å². The Labute approximate surface area is 125 Å². The van der Waals surface area contributed by atoms with Gasteiger partial charge >= 0.3 is 5.97 Å². The van der Waals surface area contributed by atoms with E-state index in [1.54, 1.807) is 0 Å². The van der Waals surface area contributed by atoms with Crippen molar-refractivity contribution in [1.29, 1.82) is 0 Å². The minimum absolute atomic E-state index is 0.179. The number of hydrogen-bond acceptors (Lipinski definition) is 4. The van der Waals surface area contributed by atoms with Crippen LogP contribution in [0.25, 0.3) is 0 Å². The molecule has 0 aromatic heterocycles. The van der Waals surface area contributed by atoms with Crippen LogP contribution in [0.3, 0.4) is 0 Å². The number of nitrogens with one attached hydrogen (secondary N) is 1. The van der Waals surface area contributed by atoms with Crippen molar-refractivity contribution in [2.24, 2.45) is 11.8 Å². The number of carboxylic acid groups (broad SMARTS) is 1. The summed E-state index contributed by atoms with van der Waals surface area (Å²) in [7, 11) is 0. The molecular weight excluding hydrogens is 294 g/mol. The van der Waals surface area contributed by atoms with Gasteiger partial charge in [0.05, 0.1) is 16.4 Å². The number of carboxylic acids is 1. The molecule has 1 aromatic carbocycles. The fourth-order valence-corrected chi connectivity index (χ4v) is 5.14. The van der Waals surface area contributed by atoms with E-state index in [0.29, 0.717) is 11.0 Å². The molecule has 1 saturated heterocycles. The molecule has 0 bridgehead atoms. The second kappa shape index (κ2) is 5.69. The average molecular weight is 309 g/mol. The highest BCUT2D eigenvalue weighted by atomic mass is 32.2. The van der Waals surface area contributed by atoms with Crippen molar-refractivity contribution in [2.75, 3.05) is 16.8 Å². The van der Waals surface area contributed by atoms with Gasteiger partial charge in [0.15, 0.2) is 0 Å². The molecule has 0 spiro atoms. The van der Waals surface area contributed by atoms with Crippen LogP contribution in [-0.2, 0) is 9.59 Å². The Morgan fingerprint density at radius 3 is 2.60 bits per heavy atom. The summed E-state index contributed by atoms with van der Waals surface area (Å²) in [4.78, 5) is 22.7. The van der Waals surface area contributed by atoms with Crippen molar-refractivity contribution < 1.29 is 14.7 Å². The van der Waals surface area contributed by atoms with E-state index in [1.807, 2.05) is 41.7 Å².